The number of benzene rings is 1. The Kier molecular flexibility index (Phi) is 5.24. The number of anilines is 1. The summed E-state index contributed by atoms with van der Waals surface area (Å²) in [6.45, 7) is 2.53. The molecule has 4 aliphatic carbocycles. The first kappa shape index (κ1) is 21.7. The van der Waals surface area contributed by atoms with Crippen LogP contribution in [-0.2, 0) is 19.8 Å². The molecule has 0 spiro atoms. The number of nitrogens with two attached hydrogens (primary N) is 1. The second-order valence-corrected chi connectivity index (χ2v) is 12.2. The van der Waals surface area contributed by atoms with Gasteiger partial charge in [0.15, 0.2) is 0 Å². The van der Waals surface area contributed by atoms with Crippen molar-refractivity contribution in [2.75, 3.05) is 23.9 Å². The topological polar surface area (TPSA) is 113 Å². The number of nitrogens with zero attached hydrogens (tertiary/aromatic N) is 2. The summed E-state index contributed by atoms with van der Waals surface area (Å²) < 4.78 is 29.1. The highest BCUT2D eigenvalue weighted by molar-refractivity contribution is 7.90. The van der Waals surface area contributed by atoms with E-state index in [1.54, 1.807) is 12.1 Å². The number of hydrogen-bond acceptors (Lipinski definition) is 4. The number of amides is 2. The van der Waals surface area contributed by atoms with E-state index in [9.17, 15) is 18.0 Å². The lowest BCUT2D eigenvalue weighted by Gasteiger charge is -2.58. The van der Waals surface area contributed by atoms with Crippen LogP contribution in [0.4, 0.5) is 5.69 Å². The van der Waals surface area contributed by atoms with E-state index in [2.05, 4.69) is 5.32 Å². The second kappa shape index (κ2) is 7.73. The van der Waals surface area contributed by atoms with Gasteiger partial charge in [-0.15, -0.1) is 0 Å². The zero-order chi connectivity index (χ0) is 22.7. The van der Waals surface area contributed by atoms with Gasteiger partial charge < -0.3 is 11.1 Å². The third-order valence-electron chi connectivity index (χ3n) is 8.14. The molecule has 1 aromatic carbocycles. The Morgan fingerprint density at radius 3 is 2.38 bits per heavy atom. The summed E-state index contributed by atoms with van der Waals surface area (Å²) in [4.78, 5) is 25.1. The summed E-state index contributed by atoms with van der Waals surface area (Å²) in [6.07, 6.45) is 5.06. The number of carbonyl (C=O) groups is 2. The minimum absolute atomic E-state index is 0.00669. The number of primary amides is 1. The SMILES string of the molecule is Cc1ccc(N2CCCN(CC(=O)NC3C4CC5CC3CC(C(N)=O)(C5)C4)S2(=O)=O)cc1. The van der Waals surface area contributed by atoms with Crippen molar-refractivity contribution < 1.29 is 18.0 Å². The molecule has 4 saturated carbocycles. The van der Waals surface area contributed by atoms with Gasteiger partial charge in [0, 0.05) is 24.5 Å². The van der Waals surface area contributed by atoms with Crippen molar-refractivity contribution in [3.8, 4) is 0 Å². The number of carbonyl (C=O) groups excluding carboxylic acids is 2. The molecule has 4 bridgehead atoms. The average molecular weight is 461 g/mol. The molecule has 2 amide bonds. The van der Waals surface area contributed by atoms with Gasteiger partial charge in [-0.05, 0) is 75.3 Å². The number of rotatable bonds is 5. The summed E-state index contributed by atoms with van der Waals surface area (Å²) in [6, 6.07) is 7.40. The Balaban J connectivity index is 1.26. The van der Waals surface area contributed by atoms with Gasteiger partial charge in [-0.2, -0.15) is 12.7 Å². The van der Waals surface area contributed by atoms with Gasteiger partial charge in [0.25, 0.3) is 0 Å². The standard InChI is InChI=1S/C23H32N4O4S/c1-15-3-5-19(6-4-15)27-8-2-7-26(32(27,30)31)14-20(28)25-21-17-9-16-10-18(21)13-23(11-16,12-17)22(24)29/h3-6,16-18,21H,2,7-14H2,1H3,(H2,24,29)(H,25,28). The van der Waals surface area contributed by atoms with Crippen LogP contribution in [0.15, 0.2) is 24.3 Å². The molecule has 2 atom stereocenters. The molecule has 2 unspecified atom stereocenters. The van der Waals surface area contributed by atoms with Crippen molar-refractivity contribution in [3.05, 3.63) is 29.8 Å². The molecule has 1 heterocycles. The fourth-order valence-corrected chi connectivity index (χ4v) is 8.52. The molecule has 9 heteroatoms. The predicted molar refractivity (Wildman–Crippen MR) is 121 cm³/mol. The van der Waals surface area contributed by atoms with Crippen LogP contribution in [0.1, 0.15) is 44.1 Å². The lowest BCUT2D eigenvalue weighted by molar-refractivity contribution is -0.147. The van der Waals surface area contributed by atoms with Crippen molar-refractivity contribution in [2.24, 2.45) is 28.9 Å². The summed E-state index contributed by atoms with van der Waals surface area (Å²) >= 11 is 0. The van der Waals surface area contributed by atoms with Crippen LogP contribution < -0.4 is 15.4 Å². The maximum Gasteiger partial charge on any atom is 0.304 e. The van der Waals surface area contributed by atoms with Crippen molar-refractivity contribution in [1.29, 1.82) is 0 Å². The van der Waals surface area contributed by atoms with Gasteiger partial charge in [-0.3, -0.25) is 13.9 Å². The Bertz CT molecular complexity index is 1010. The largest absolute Gasteiger partial charge is 0.369 e. The summed E-state index contributed by atoms with van der Waals surface area (Å²) in [7, 11) is -3.76. The predicted octanol–water partition coefficient (Wildman–Crippen LogP) is 1.55. The Morgan fingerprint density at radius 1 is 1.09 bits per heavy atom. The minimum atomic E-state index is -3.76. The number of nitrogens with one attached hydrogen (secondary N) is 1. The van der Waals surface area contributed by atoms with Crippen LogP contribution in [-0.4, -0.2) is 50.2 Å². The zero-order valence-corrected chi connectivity index (χ0v) is 19.3. The summed E-state index contributed by atoms with van der Waals surface area (Å²) in [5.74, 6) is 0.556. The first-order valence-electron chi connectivity index (χ1n) is 11.6. The van der Waals surface area contributed by atoms with Crippen LogP contribution in [0.3, 0.4) is 0 Å². The number of hydrogen-bond donors (Lipinski definition) is 2. The molecule has 1 aromatic rings. The number of aryl methyl sites for hydroxylation is 1. The Morgan fingerprint density at radius 2 is 1.75 bits per heavy atom. The van der Waals surface area contributed by atoms with Gasteiger partial charge >= 0.3 is 10.2 Å². The lowest BCUT2D eigenvalue weighted by Crippen LogP contribution is -2.63. The van der Waals surface area contributed by atoms with Crippen molar-refractivity contribution in [3.63, 3.8) is 0 Å². The molecular formula is C23H32N4O4S. The van der Waals surface area contributed by atoms with Crippen molar-refractivity contribution in [2.45, 2.75) is 51.5 Å². The third-order valence-corrected chi connectivity index (χ3v) is 10.1. The molecule has 8 nitrogen and oxygen atoms in total. The Labute approximate surface area is 189 Å². The van der Waals surface area contributed by atoms with Gasteiger partial charge in [0.1, 0.15) is 0 Å². The van der Waals surface area contributed by atoms with Gasteiger partial charge in [0.2, 0.25) is 11.8 Å². The van der Waals surface area contributed by atoms with Gasteiger partial charge in [0.05, 0.1) is 12.2 Å². The van der Waals surface area contributed by atoms with E-state index >= 15 is 0 Å². The van der Waals surface area contributed by atoms with Gasteiger partial charge in [-0.25, -0.2) is 0 Å². The van der Waals surface area contributed by atoms with E-state index in [4.69, 9.17) is 5.73 Å². The monoisotopic (exact) mass is 460 g/mol. The fourth-order valence-electron chi connectivity index (χ4n) is 6.85. The summed E-state index contributed by atoms with van der Waals surface area (Å²) in [5, 5.41) is 3.15. The van der Waals surface area contributed by atoms with E-state index < -0.39 is 15.6 Å². The first-order valence-corrected chi connectivity index (χ1v) is 13.0. The van der Waals surface area contributed by atoms with Crippen LogP contribution in [0, 0.1) is 30.1 Å². The fraction of sp³-hybridized carbons (Fsp3) is 0.652. The molecule has 1 aliphatic heterocycles. The highest BCUT2D eigenvalue weighted by Gasteiger charge is 2.58. The first-order chi connectivity index (χ1) is 15.2. The lowest BCUT2D eigenvalue weighted by atomic mass is 9.47. The quantitative estimate of drug-likeness (QED) is 0.694. The Hall–Kier alpha value is -2.13. The van der Waals surface area contributed by atoms with E-state index in [0.717, 1.165) is 37.7 Å². The van der Waals surface area contributed by atoms with Crippen LogP contribution in [0.5, 0.6) is 0 Å². The zero-order valence-electron chi connectivity index (χ0n) is 18.5. The molecule has 5 aliphatic rings. The smallest absolute Gasteiger partial charge is 0.304 e. The maximum atomic E-state index is 13.2. The molecule has 0 radical (unpaired) electrons. The van der Waals surface area contributed by atoms with Crippen LogP contribution >= 0.6 is 0 Å². The minimum Gasteiger partial charge on any atom is -0.369 e. The molecule has 0 aromatic heterocycles. The molecule has 32 heavy (non-hydrogen) atoms. The van der Waals surface area contributed by atoms with E-state index in [1.165, 1.54) is 8.61 Å². The highest BCUT2D eigenvalue weighted by atomic mass is 32.2. The third kappa shape index (κ3) is 3.59. The van der Waals surface area contributed by atoms with Crippen LogP contribution in [0.2, 0.25) is 0 Å². The van der Waals surface area contributed by atoms with E-state index in [0.29, 0.717) is 31.1 Å². The molecule has 3 N–H and O–H groups in total. The van der Waals surface area contributed by atoms with E-state index in [-0.39, 0.29) is 36.2 Å². The van der Waals surface area contributed by atoms with Crippen molar-refractivity contribution >= 4 is 27.7 Å². The van der Waals surface area contributed by atoms with Crippen molar-refractivity contribution in [1.82, 2.24) is 9.62 Å². The average Bonchev–Trinajstić information content (AvgIpc) is 2.72. The molecular weight excluding hydrogens is 428 g/mol. The molecule has 6 rings (SSSR count). The summed E-state index contributed by atoms with van der Waals surface area (Å²) in [5.41, 5.74) is 7.04. The maximum absolute atomic E-state index is 13.2. The van der Waals surface area contributed by atoms with Crippen LogP contribution in [0.25, 0.3) is 0 Å². The molecule has 174 valence electrons. The highest BCUT2D eigenvalue weighted by Crippen LogP contribution is 2.59. The molecule has 1 saturated heterocycles. The second-order valence-electron chi connectivity index (χ2n) is 10.3. The normalized spacial score (nSPS) is 35.6. The van der Waals surface area contributed by atoms with Gasteiger partial charge in [-0.1, -0.05) is 17.7 Å². The molecule has 5 fully saturated rings. The van der Waals surface area contributed by atoms with E-state index in [1.807, 2.05) is 19.1 Å².